The van der Waals surface area contributed by atoms with Crippen LogP contribution in [-0.4, -0.2) is 10.0 Å². The van der Waals surface area contributed by atoms with Gasteiger partial charge in [-0.15, -0.1) is 0 Å². The first-order valence-corrected chi connectivity index (χ1v) is 8.48. The van der Waals surface area contributed by atoms with Crippen molar-refractivity contribution in [2.75, 3.05) is 4.43 Å². The third kappa shape index (κ3) is 3.84. The summed E-state index contributed by atoms with van der Waals surface area (Å²) in [6, 6.07) is 7.97. The largest absolute Gasteiger partial charge is 0.370 e. The van der Waals surface area contributed by atoms with Crippen LogP contribution in [-0.2, 0) is 11.3 Å². The summed E-state index contributed by atoms with van der Waals surface area (Å²) in [6.07, 6.45) is 4.96. The minimum absolute atomic E-state index is 0.0926. The zero-order valence-corrected chi connectivity index (χ0v) is 13.7. The highest BCUT2D eigenvalue weighted by molar-refractivity contribution is 14.1. The Morgan fingerprint density at radius 2 is 2.11 bits per heavy atom. The van der Waals surface area contributed by atoms with Crippen LogP contribution in [0.2, 0.25) is 5.02 Å². The van der Waals surface area contributed by atoms with Crippen molar-refractivity contribution in [1.29, 1.82) is 0 Å². The highest BCUT2D eigenvalue weighted by atomic mass is 127. The standard InChI is InChI=1S/C15H20ClIO/c1-12-5-7-15(11-17,8-6-12)18-10-13-3-2-4-14(16)9-13/h2-4,9,12H,5-8,10-11H2,1H3. The molecule has 1 saturated carbocycles. The highest BCUT2D eigenvalue weighted by Gasteiger charge is 2.34. The summed E-state index contributed by atoms with van der Waals surface area (Å²) < 4.78 is 7.32. The van der Waals surface area contributed by atoms with E-state index in [-0.39, 0.29) is 5.60 Å². The van der Waals surface area contributed by atoms with Crippen molar-refractivity contribution in [3.63, 3.8) is 0 Å². The van der Waals surface area contributed by atoms with Crippen molar-refractivity contribution in [2.45, 2.75) is 44.8 Å². The van der Waals surface area contributed by atoms with Gasteiger partial charge in [-0.2, -0.15) is 0 Å². The molecule has 0 N–H and O–H groups in total. The molecular formula is C15H20ClIO. The first kappa shape index (κ1) is 14.6. The lowest BCUT2D eigenvalue weighted by molar-refractivity contribution is -0.0675. The van der Waals surface area contributed by atoms with E-state index >= 15 is 0 Å². The molecule has 18 heavy (non-hydrogen) atoms. The van der Waals surface area contributed by atoms with Gasteiger partial charge in [0.2, 0.25) is 0 Å². The molecule has 1 aromatic carbocycles. The van der Waals surface area contributed by atoms with E-state index in [2.05, 4.69) is 35.6 Å². The van der Waals surface area contributed by atoms with Gasteiger partial charge in [-0.3, -0.25) is 0 Å². The molecule has 0 atom stereocenters. The maximum Gasteiger partial charge on any atom is 0.0776 e. The van der Waals surface area contributed by atoms with E-state index < -0.39 is 0 Å². The predicted molar refractivity (Wildman–Crippen MR) is 85.5 cm³/mol. The fourth-order valence-electron chi connectivity index (χ4n) is 2.47. The number of rotatable bonds is 4. The van der Waals surface area contributed by atoms with E-state index in [0.717, 1.165) is 15.4 Å². The summed E-state index contributed by atoms with van der Waals surface area (Å²) in [5.74, 6) is 0.857. The first-order chi connectivity index (χ1) is 8.63. The van der Waals surface area contributed by atoms with Crippen molar-refractivity contribution in [1.82, 2.24) is 0 Å². The summed E-state index contributed by atoms with van der Waals surface area (Å²) in [4.78, 5) is 0. The van der Waals surface area contributed by atoms with Crippen LogP contribution >= 0.6 is 34.2 Å². The monoisotopic (exact) mass is 378 g/mol. The number of alkyl halides is 1. The maximum absolute atomic E-state index is 6.24. The molecule has 0 radical (unpaired) electrons. The Labute approximate surface area is 128 Å². The molecule has 2 rings (SSSR count). The normalized spacial score (nSPS) is 28.3. The van der Waals surface area contributed by atoms with Crippen LogP contribution in [0.25, 0.3) is 0 Å². The SMILES string of the molecule is CC1CCC(CI)(OCc2cccc(Cl)c2)CC1. The Morgan fingerprint density at radius 1 is 1.39 bits per heavy atom. The third-order valence-electron chi connectivity index (χ3n) is 3.86. The Balaban J connectivity index is 1.95. The fraction of sp³-hybridized carbons (Fsp3) is 0.600. The van der Waals surface area contributed by atoms with E-state index in [4.69, 9.17) is 16.3 Å². The molecule has 1 fully saturated rings. The van der Waals surface area contributed by atoms with E-state index in [0.29, 0.717) is 6.61 Å². The van der Waals surface area contributed by atoms with Crippen LogP contribution in [0, 0.1) is 5.92 Å². The third-order valence-corrected chi connectivity index (χ3v) is 5.49. The molecule has 0 bridgehead atoms. The summed E-state index contributed by atoms with van der Waals surface area (Å²) in [7, 11) is 0. The fourth-order valence-corrected chi connectivity index (χ4v) is 3.66. The molecular weight excluding hydrogens is 359 g/mol. The molecule has 1 aliphatic rings. The lowest BCUT2D eigenvalue weighted by Gasteiger charge is -2.38. The quantitative estimate of drug-likeness (QED) is 0.514. The second-order valence-electron chi connectivity index (χ2n) is 5.42. The van der Waals surface area contributed by atoms with Gasteiger partial charge < -0.3 is 4.74 Å². The molecule has 0 spiro atoms. The van der Waals surface area contributed by atoms with Gasteiger partial charge in [0.25, 0.3) is 0 Å². The second kappa shape index (κ2) is 6.58. The Hall–Kier alpha value is 0.200. The lowest BCUT2D eigenvalue weighted by atomic mass is 9.80. The molecule has 1 aromatic rings. The van der Waals surface area contributed by atoms with E-state index in [9.17, 15) is 0 Å². The van der Waals surface area contributed by atoms with E-state index in [1.54, 1.807) is 0 Å². The van der Waals surface area contributed by atoms with Crippen LogP contribution < -0.4 is 0 Å². The molecule has 0 aromatic heterocycles. The number of hydrogen-bond donors (Lipinski definition) is 0. The summed E-state index contributed by atoms with van der Waals surface area (Å²) in [5, 5.41) is 0.789. The van der Waals surface area contributed by atoms with Crippen LogP contribution in [0.3, 0.4) is 0 Å². The van der Waals surface area contributed by atoms with Crippen molar-refractivity contribution in [2.24, 2.45) is 5.92 Å². The van der Waals surface area contributed by atoms with Crippen molar-refractivity contribution >= 4 is 34.2 Å². The number of hydrogen-bond acceptors (Lipinski definition) is 1. The van der Waals surface area contributed by atoms with Crippen molar-refractivity contribution in [3.05, 3.63) is 34.9 Å². The minimum atomic E-state index is 0.0926. The first-order valence-electron chi connectivity index (χ1n) is 6.58. The maximum atomic E-state index is 6.24. The van der Waals surface area contributed by atoms with Gasteiger partial charge in [0.05, 0.1) is 12.2 Å². The van der Waals surface area contributed by atoms with Gasteiger partial charge in [0.15, 0.2) is 0 Å². The van der Waals surface area contributed by atoms with Crippen LogP contribution in [0.1, 0.15) is 38.2 Å². The number of halogens is 2. The summed E-state index contributed by atoms with van der Waals surface area (Å²) in [5.41, 5.74) is 1.26. The molecule has 0 saturated heterocycles. The molecule has 0 aliphatic heterocycles. The topological polar surface area (TPSA) is 9.23 Å². The molecule has 0 heterocycles. The zero-order valence-electron chi connectivity index (χ0n) is 10.8. The molecule has 100 valence electrons. The van der Waals surface area contributed by atoms with Crippen LogP contribution in [0.5, 0.6) is 0 Å². The lowest BCUT2D eigenvalue weighted by Crippen LogP contribution is -2.38. The van der Waals surface area contributed by atoms with Gasteiger partial charge in [-0.1, -0.05) is 53.2 Å². The van der Waals surface area contributed by atoms with Gasteiger partial charge in [0, 0.05) is 9.45 Å². The Kier molecular flexibility index (Phi) is 5.34. The van der Waals surface area contributed by atoms with Gasteiger partial charge in [0.1, 0.15) is 0 Å². The minimum Gasteiger partial charge on any atom is -0.370 e. The van der Waals surface area contributed by atoms with Crippen molar-refractivity contribution in [3.8, 4) is 0 Å². The molecule has 3 heteroatoms. The average Bonchev–Trinajstić information content (AvgIpc) is 2.39. The van der Waals surface area contributed by atoms with Crippen LogP contribution in [0.4, 0.5) is 0 Å². The molecule has 0 unspecified atom stereocenters. The van der Waals surface area contributed by atoms with Crippen LogP contribution in [0.15, 0.2) is 24.3 Å². The smallest absolute Gasteiger partial charge is 0.0776 e. The summed E-state index contributed by atoms with van der Waals surface area (Å²) >= 11 is 8.46. The highest BCUT2D eigenvalue weighted by Crippen LogP contribution is 2.36. The van der Waals surface area contributed by atoms with Crippen molar-refractivity contribution < 1.29 is 4.74 Å². The average molecular weight is 379 g/mol. The van der Waals surface area contributed by atoms with Gasteiger partial charge in [-0.05, 0) is 49.3 Å². The Bertz CT molecular complexity index is 386. The predicted octanol–water partition coefficient (Wildman–Crippen LogP) is 5.24. The Morgan fingerprint density at radius 3 is 2.72 bits per heavy atom. The van der Waals surface area contributed by atoms with E-state index in [1.807, 2.05) is 18.2 Å². The zero-order chi connectivity index (χ0) is 13.0. The second-order valence-corrected chi connectivity index (χ2v) is 6.62. The summed E-state index contributed by atoms with van der Waals surface area (Å²) in [6.45, 7) is 3.02. The molecule has 0 amide bonds. The number of ether oxygens (including phenoxy) is 1. The van der Waals surface area contributed by atoms with Gasteiger partial charge in [-0.25, -0.2) is 0 Å². The number of benzene rings is 1. The molecule has 1 aliphatic carbocycles. The van der Waals surface area contributed by atoms with E-state index in [1.165, 1.54) is 31.2 Å². The van der Waals surface area contributed by atoms with Gasteiger partial charge >= 0.3 is 0 Å². The molecule has 1 nitrogen and oxygen atoms in total.